The Morgan fingerprint density at radius 3 is 2.43 bits per heavy atom. The van der Waals surface area contributed by atoms with Gasteiger partial charge in [0, 0.05) is 9.85 Å². The molecule has 0 aliphatic rings. The molecular formula is C19H18BrN3O3S2. The SMILES string of the molecule is Cc1nnsc1C(=O)Nc1csc(-c2ccc(Br)cc2)c1C(=O)OC(C)(C)C. The molecule has 9 heteroatoms. The van der Waals surface area contributed by atoms with Crippen LogP contribution in [-0.2, 0) is 4.74 Å². The first-order chi connectivity index (χ1) is 13.2. The zero-order valence-corrected chi connectivity index (χ0v) is 18.9. The number of halogens is 1. The first-order valence-electron chi connectivity index (χ1n) is 8.37. The smallest absolute Gasteiger partial charge is 0.342 e. The van der Waals surface area contributed by atoms with Gasteiger partial charge in [-0.25, -0.2) is 4.79 Å². The number of aromatic nitrogens is 2. The maximum Gasteiger partial charge on any atom is 0.342 e. The number of hydrogen-bond donors (Lipinski definition) is 1. The molecule has 0 aliphatic heterocycles. The van der Waals surface area contributed by atoms with Crippen molar-refractivity contribution in [3.63, 3.8) is 0 Å². The average molecular weight is 480 g/mol. The molecule has 0 bridgehead atoms. The second kappa shape index (κ2) is 8.10. The number of aryl methyl sites for hydroxylation is 1. The summed E-state index contributed by atoms with van der Waals surface area (Å²) in [5.74, 6) is -0.835. The number of carbonyl (C=O) groups excluding carboxylic acids is 2. The molecule has 1 amide bonds. The predicted molar refractivity (Wildman–Crippen MR) is 115 cm³/mol. The standard InChI is InChI=1S/C19H18BrN3O3S2/c1-10-15(28-23-22-10)17(24)21-13-9-27-16(11-5-7-12(20)8-6-11)14(13)18(25)26-19(2,3)4/h5-9H,1-4H3,(H,21,24). The topological polar surface area (TPSA) is 81.2 Å². The van der Waals surface area contributed by atoms with E-state index in [9.17, 15) is 9.59 Å². The lowest BCUT2D eigenvalue weighted by Crippen LogP contribution is -2.25. The third-order valence-corrected chi connectivity index (χ3v) is 5.99. The van der Waals surface area contributed by atoms with Crippen LogP contribution in [0, 0.1) is 6.92 Å². The minimum absolute atomic E-state index is 0.339. The maximum absolute atomic E-state index is 12.9. The van der Waals surface area contributed by atoms with Gasteiger partial charge in [0.05, 0.1) is 16.3 Å². The van der Waals surface area contributed by atoms with Gasteiger partial charge in [0.2, 0.25) is 0 Å². The fourth-order valence-corrected chi connectivity index (χ4v) is 4.23. The van der Waals surface area contributed by atoms with Crippen LogP contribution in [0.5, 0.6) is 0 Å². The van der Waals surface area contributed by atoms with Crippen LogP contribution in [0.15, 0.2) is 34.1 Å². The van der Waals surface area contributed by atoms with Gasteiger partial charge in [-0.1, -0.05) is 32.6 Å². The van der Waals surface area contributed by atoms with Gasteiger partial charge in [-0.2, -0.15) is 0 Å². The lowest BCUT2D eigenvalue weighted by atomic mass is 10.1. The van der Waals surface area contributed by atoms with Gasteiger partial charge in [-0.05, 0) is 56.9 Å². The second-order valence-corrected chi connectivity index (χ2v) is 9.55. The number of esters is 1. The van der Waals surface area contributed by atoms with E-state index in [-0.39, 0.29) is 5.91 Å². The Morgan fingerprint density at radius 2 is 1.86 bits per heavy atom. The van der Waals surface area contributed by atoms with E-state index in [0.717, 1.165) is 26.4 Å². The zero-order valence-electron chi connectivity index (χ0n) is 15.7. The number of rotatable bonds is 4. The molecule has 0 aliphatic carbocycles. The van der Waals surface area contributed by atoms with Crippen LogP contribution in [0.1, 0.15) is 46.5 Å². The summed E-state index contributed by atoms with van der Waals surface area (Å²) in [6.07, 6.45) is 0. The molecule has 0 radical (unpaired) electrons. The zero-order chi connectivity index (χ0) is 20.5. The highest BCUT2D eigenvalue weighted by atomic mass is 79.9. The molecule has 0 fully saturated rings. The number of anilines is 1. The summed E-state index contributed by atoms with van der Waals surface area (Å²) in [7, 11) is 0. The molecule has 0 saturated carbocycles. The van der Waals surface area contributed by atoms with Crippen LogP contribution in [0.2, 0.25) is 0 Å². The van der Waals surface area contributed by atoms with Gasteiger partial charge in [0.1, 0.15) is 16.0 Å². The largest absolute Gasteiger partial charge is 0.456 e. The highest BCUT2D eigenvalue weighted by molar-refractivity contribution is 9.10. The molecule has 1 N–H and O–H groups in total. The van der Waals surface area contributed by atoms with Gasteiger partial charge >= 0.3 is 5.97 Å². The van der Waals surface area contributed by atoms with Crippen LogP contribution in [0.25, 0.3) is 10.4 Å². The molecule has 6 nitrogen and oxygen atoms in total. The quantitative estimate of drug-likeness (QED) is 0.496. The van der Waals surface area contributed by atoms with E-state index in [0.29, 0.717) is 21.8 Å². The third kappa shape index (κ3) is 4.65. The van der Waals surface area contributed by atoms with Crippen molar-refractivity contribution >= 4 is 56.4 Å². The van der Waals surface area contributed by atoms with Crippen LogP contribution in [0.4, 0.5) is 5.69 Å². The van der Waals surface area contributed by atoms with Gasteiger partial charge in [-0.3, -0.25) is 4.79 Å². The normalized spacial score (nSPS) is 11.3. The van der Waals surface area contributed by atoms with Crippen LogP contribution in [-0.4, -0.2) is 27.1 Å². The van der Waals surface area contributed by atoms with Crippen molar-refractivity contribution in [2.45, 2.75) is 33.3 Å². The Hall–Kier alpha value is -2.10. The Labute approximate surface area is 179 Å². The third-order valence-electron chi connectivity index (χ3n) is 3.61. The summed E-state index contributed by atoms with van der Waals surface area (Å²) in [5.41, 5.74) is 1.51. The summed E-state index contributed by atoms with van der Waals surface area (Å²) in [6, 6.07) is 7.62. The summed E-state index contributed by atoms with van der Waals surface area (Å²) in [5, 5.41) is 8.42. The predicted octanol–water partition coefficient (Wildman–Crippen LogP) is 5.55. The molecule has 1 aromatic carbocycles. The number of nitrogens with zero attached hydrogens (tertiary/aromatic N) is 2. The molecule has 0 atom stereocenters. The lowest BCUT2D eigenvalue weighted by molar-refractivity contribution is 0.00722. The number of ether oxygens (including phenoxy) is 1. The molecule has 2 aromatic heterocycles. The van der Waals surface area contributed by atoms with E-state index in [2.05, 4.69) is 30.8 Å². The summed E-state index contributed by atoms with van der Waals surface area (Å²) >= 11 is 5.81. The van der Waals surface area contributed by atoms with Crippen molar-refractivity contribution in [1.29, 1.82) is 0 Å². The summed E-state index contributed by atoms with van der Waals surface area (Å²) in [6.45, 7) is 7.14. The van der Waals surface area contributed by atoms with E-state index >= 15 is 0 Å². The molecule has 3 rings (SSSR count). The lowest BCUT2D eigenvalue weighted by Gasteiger charge is -2.20. The first kappa shape index (κ1) is 20.6. The van der Waals surface area contributed by atoms with Crippen LogP contribution >= 0.6 is 38.8 Å². The second-order valence-electron chi connectivity index (χ2n) is 7.00. The highest BCUT2D eigenvalue weighted by Crippen LogP contribution is 2.38. The number of benzene rings is 1. The molecule has 28 heavy (non-hydrogen) atoms. The maximum atomic E-state index is 12.9. The number of nitrogens with one attached hydrogen (secondary N) is 1. The van der Waals surface area contributed by atoms with E-state index in [1.165, 1.54) is 11.3 Å². The molecule has 3 aromatic rings. The summed E-state index contributed by atoms with van der Waals surface area (Å²) in [4.78, 5) is 26.7. The van der Waals surface area contributed by atoms with E-state index < -0.39 is 11.6 Å². The van der Waals surface area contributed by atoms with Gasteiger partial charge in [0.15, 0.2) is 0 Å². The van der Waals surface area contributed by atoms with Crippen molar-refractivity contribution in [3.05, 3.63) is 50.3 Å². The van der Waals surface area contributed by atoms with E-state index in [4.69, 9.17) is 4.74 Å². The van der Waals surface area contributed by atoms with Crippen LogP contribution < -0.4 is 5.32 Å². The molecule has 2 heterocycles. The van der Waals surface area contributed by atoms with Crippen LogP contribution in [0.3, 0.4) is 0 Å². The highest BCUT2D eigenvalue weighted by Gasteiger charge is 2.27. The number of hydrogen-bond acceptors (Lipinski definition) is 7. The Kier molecular flexibility index (Phi) is 5.97. The van der Waals surface area contributed by atoms with Crippen molar-refractivity contribution in [1.82, 2.24) is 9.59 Å². The molecule has 0 saturated heterocycles. The summed E-state index contributed by atoms with van der Waals surface area (Å²) < 4.78 is 10.3. The molecule has 0 unspecified atom stereocenters. The van der Waals surface area contributed by atoms with E-state index in [1.54, 1.807) is 33.1 Å². The molecule has 146 valence electrons. The monoisotopic (exact) mass is 479 g/mol. The van der Waals surface area contributed by atoms with Crippen molar-refractivity contribution in [2.75, 3.05) is 5.32 Å². The molecule has 0 spiro atoms. The number of amides is 1. The Balaban J connectivity index is 2.02. The van der Waals surface area contributed by atoms with Crippen molar-refractivity contribution in [2.24, 2.45) is 0 Å². The van der Waals surface area contributed by atoms with Gasteiger partial charge in [0.25, 0.3) is 5.91 Å². The van der Waals surface area contributed by atoms with Gasteiger partial charge in [-0.15, -0.1) is 16.4 Å². The Morgan fingerprint density at radius 1 is 1.18 bits per heavy atom. The Bertz CT molecular complexity index is 1020. The first-order valence-corrected chi connectivity index (χ1v) is 10.8. The molecular weight excluding hydrogens is 462 g/mol. The minimum Gasteiger partial charge on any atom is -0.456 e. The fourth-order valence-electron chi connectivity index (χ4n) is 2.41. The fraction of sp³-hybridized carbons (Fsp3) is 0.263. The van der Waals surface area contributed by atoms with Crippen molar-refractivity contribution in [3.8, 4) is 10.4 Å². The average Bonchev–Trinajstić information content (AvgIpc) is 3.20. The minimum atomic E-state index is -0.657. The van der Waals surface area contributed by atoms with Crippen molar-refractivity contribution < 1.29 is 14.3 Å². The van der Waals surface area contributed by atoms with E-state index in [1.807, 2.05) is 24.3 Å². The number of thiophene rings is 1. The van der Waals surface area contributed by atoms with Gasteiger partial charge < -0.3 is 10.1 Å². The number of carbonyl (C=O) groups is 2.